The molecule has 0 radical (unpaired) electrons. The number of aliphatic carboxylic acids is 1. The minimum atomic E-state index is -1.13. The zero-order valence-corrected chi connectivity index (χ0v) is 10.1. The summed E-state index contributed by atoms with van der Waals surface area (Å²) in [7, 11) is 0. The van der Waals surface area contributed by atoms with E-state index in [2.05, 4.69) is 20.6 Å². The van der Waals surface area contributed by atoms with Crippen LogP contribution >= 0.6 is 0 Å². The highest BCUT2D eigenvalue weighted by atomic mass is 16.4. The Morgan fingerprint density at radius 1 is 1.58 bits per heavy atom. The molecule has 0 spiro atoms. The number of carbonyl (C=O) groups is 3. The third kappa shape index (κ3) is 3.36. The summed E-state index contributed by atoms with van der Waals surface area (Å²) >= 11 is 0. The van der Waals surface area contributed by atoms with Crippen LogP contribution in [0.1, 0.15) is 19.3 Å². The highest BCUT2D eigenvalue weighted by Crippen LogP contribution is 2.09. The average molecular weight is 266 g/mol. The molecule has 3 N–H and O–H groups in total. The lowest BCUT2D eigenvalue weighted by Crippen LogP contribution is -2.49. The van der Waals surface area contributed by atoms with E-state index in [0.29, 0.717) is 6.42 Å². The maximum atomic E-state index is 11.8. The molecule has 2 aliphatic rings. The molecule has 0 bridgehead atoms. The molecule has 1 fully saturated rings. The third-order valence-corrected chi connectivity index (χ3v) is 2.99. The second-order valence-electron chi connectivity index (χ2n) is 4.42. The summed E-state index contributed by atoms with van der Waals surface area (Å²) in [5.41, 5.74) is 0. The molecule has 8 nitrogen and oxygen atoms in total. The van der Waals surface area contributed by atoms with Gasteiger partial charge < -0.3 is 15.7 Å². The number of amides is 2. The topological polar surface area (TPSA) is 120 Å². The maximum absolute atomic E-state index is 11.8. The minimum absolute atomic E-state index is 0.141. The summed E-state index contributed by atoms with van der Waals surface area (Å²) in [5.74, 6) is -1.80. The summed E-state index contributed by atoms with van der Waals surface area (Å²) < 4.78 is 0. The molecule has 0 saturated carbocycles. The number of nitrogens with one attached hydrogen (secondary N) is 2. The number of carboxylic acids is 1. The molecule has 1 saturated heterocycles. The second kappa shape index (κ2) is 5.59. The lowest BCUT2D eigenvalue weighted by atomic mass is 10.1. The molecule has 8 heteroatoms. The van der Waals surface area contributed by atoms with Gasteiger partial charge in [-0.15, -0.1) is 0 Å². The van der Waals surface area contributed by atoms with Crippen LogP contribution in [0.5, 0.6) is 0 Å². The summed E-state index contributed by atoms with van der Waals surface area (Å²) in [4.78, 5) is 41.6. The van der Waals surface area contributed by atoms with Crippen LogP contribution in [0.15, 0.2) is 9.98 Å². The molecule has 0 aromatic rings. The molecule has 2 unspecified atom stereocenters. The Labute approximate surface area is 109 Å². The molecule has 2 aliphatic heterocycles. The Kier molecular flexibility index (Phi) is 3.88. The standard InChI is InChI=1S/C11H14N4O4/c16-9-2-1-7(14-9)10(17)15-8(11(18)19)3-6-4-12-5-13-6/h4-8H,1-3H2,(H,14,16)(H,15,17)(H,18,19)/t6?,7-,8?/m0/s1. The van der Waals surface area contributed by atoms with Gasteiger partial charge in [0.25, 0.3) is 0 Å². The van der Waals surface area contributed by atoms with Crippen molar-refractivity contribution in [2.24, 2.45) is 9.98 Å². The first-order valence-corrected chi connectivity index (χ1v) is 5.94. The first-order valence-electron chi connectivity index (χ1n) is 5.94. The largest absolute Gasteiger partial charge is 0.480 e. The number of carboxylic acid groups (broad SMARTS) is 1. The highest BCUT2D eigenvalue weighted by Gasteiger charge is 2.31. The number of hydrogen-bond donors (Lipinski definition) is 3. The highest BCUT2D eigenvalue weighted by molar-refractivity contribution is 5.93. The van der Waals surface area contributed by atoms with E-state index in [1.165, 1.54) is 12.6 Å². The molecular weight excluding hydrogens is 252 g/mol. The molecule has 0 aliphatic carbocycles. The van der Waals surface area contributed by atoms with Crippen LogP contribution in [0.4, 0.5) is 0 Å². The summed E-state index contributed by atoms with van der Waals surface area (Å²) in [6.45, 7) is 0. The lowest BCUT2D eigenvalue weighted by molar-refractivity contribution is -0.142. The molecule has 2 amide bonds. The van der Waals surface area contributed by atoms with Crippen molar-refractivity contribution < 1.29 is 19.5 Å². The van der Waals surface area contributed by atoms with Crippen molar-refractivity contribution >= 4 is 30.3 Å². The van der Waals surface area contributed by atoms with Crippen molar-refractivity contribution in [3.05, 3.63) is 0 Å². The van der Waals surface area contributed by atoms with Crippen molar-refractivity contribution in [3.8, 4) is 0 Å². The number of nitrogens with zero attached hydrogens (tertiary/aromatic N) is 2. The molecule has 3 atom stereocenters. The molecule has 2 rings (SSSR count). The van der Waals surface area contributed by atoms with Gasteiger partial charge in [-0.05, 0) is 6.42 Å². The van der Waals surface area contributed by atoms with Crippen molar-refractivity contribution in [1.29, 1.82) is 0 Å². The monoisotopic (exact) mass is 266 g/mol. The fraction of sp³-hybridized carbons (Fsp3) is 0.545. The minimum Gasteiger partial charge on any atom is -0.480 e. The van der Waals surface area contributed by atoms with Crippen LogP contribution in [0, 0.1) is 0 Å². The fourth-order valence-corrected chi connectivity index (χ4v) is 1.97. The van der Waals surface area contributed by atoms with Gasteiger partial charge in [0.2, 0.25) is 11.8 Å². The van der Waals surface area contributed by atoms with Crippen LogP contribution in [-0.2, 0) is 14.4 Å². The molecule has 0 aromatic carbocycles. The lowest BCUT2D eigenvalue weighted by Gasteiger charge is -2.18. The SMILES string of the molecule is O=C1CC[C@@H](C(=O)NC(CC2C=NC=N2)C(=O)O)N1. The molecule has 2 heterocycles. The first-order chi connectivity index (χ1) is 9.06. The fourth-order valence-electron chi connectivity index (χ4n) is 1.97. The second-order valence-corrected chi connectivity index (χ2v) is 4.42. The number of rotatable bonds is 5. The Hall–Kier alpha value is -2.25. The van der Waals surface area contributed by atoms with E-state index in [0.717, 1.165) is 0 Å². The van der Waals surface area contributed by atoms with Gasteiger partial charge in [0.15, 0.2) is 0 Å². The zero-order chi connectivity index (χ0) is 13.8. The van der Waals surface area contributed by atoms with Crippen LogP contribution in [0.25, 0.3) is 0 Å². The Balaban J connectivity index is 1.90. The predicted molar refractivity (Wildman–Crippen MR) is 66.1 cm³/mol. The Morgan fingerprint density at radius 2 is 2.37 bits per heavy atom. The maximum Gasteiger partial charge on any atom is 0.326 e. The van der Waals surface area contributed by atoms with Crippen molar-refractivity contribution in [1.82, 2.24) is 10.6 Å². The van der Waals surface area contributed by atoms with E-state index in [-0.39, 0.29) is 24.8 Å². The van der Waals surface area contributed by atoms with Gasteiger partial charge in [0.1, 0.15) is 18.4 Å². The van der Waals surface area contributed by atoms with Gasteiger partial charge in [-0.25, -0.2) is 9.79 Å². The quantitative estimate of drug-likeness (QED) is 0.573. The predicted octanol–water partition coefficient (Wildman–Crippen LogP) is -1.29. The van der Waals surface area contributed by atoms with Crippen molar-refractivity contribution in [3.63, 3.8) is 0 Å². The third-order valence-electron chi connectivity index (χ3n) is 2.99. The summed E-state index contributed by atoms with van der Waals surface area (Å²) in [6.07, 6.45) is 3.69. The average Bonchev–Trinajstić information content (AvgIpc) is 2.99. The van der Waals surface area contributed by atoms with Gasteiger partial charge >= 0.3 is 5.97 Å². The van der Waals surface area contributed by atoms with E-state index in [4.69, 9.17) is 5.11 Å². The number of hydrogen-bond acceptors (Lipinski definition) is 5. The molecular formula is C11H14N4O4. The number of carbonyl (C=O) groups excluding carboxylic acids is 2. The van der Waals surface area contributed by atoms with Crippen LogP contribution in [0.3, 0.4) is 0 Å². The zero-order valence-electron chi connectivity index (χ0n) is 10.1. The molecule has 19 heavy (non-hydrogen) atoms. The van der Waals surface area contributed by atoms with Gasteiger partial charge in [-0.3, -0.25) is 14.6 Å². The van der Waals surface area contributed by atoms with Crippen LogP contribution in [0.2, 0.25) is 0 Å². The van der Waals surface area contributed by atoms with E-state index in [9.17, 15) is 14.4 Å². The van der Waals surface area contributed by atoms with E-state index >= 15 is 0 Å². The van der Waals surface area contributed by atoms with Gasteiger partial charge in [0, 0.05) is 19.1 Å². The molecule has 0 aromatic heterocycles. The van der Waals surface area contributed by atoms with Crippen LogP contribution in [-0.4, -0.2) is 53.6 Å². The van der Waals surface area contributed by atoms with Crippen molar-refractivity contribution in [2.75, 3.05) is 0 Å². The van der Waals surface area contributed by atoms with Crippen LogP contribution < -0.4 is 10.6 Å². The Morgan fingerprint density at radius 3 is 2.89 bits per heavy atom. The van der Waals surface area contributed by atoms with E-state index in [1.54, 1.807) is 0 Å². The van der Waals surface area contributed by atoms with Crippen molar-refractivity contribution in [2.45, 2.75) is 37.4 Å². The first kappa shape index (κ1) is 13.2. The van der Waals surface area contributed by atoms with Gasteiger partial charge in [0.05, 0.1) is 6.04 Å². The summed E-state index contributed by atoms with van der Waals surface area (Å²) in [6, 6.07) is -2.02. The Bertz CT molecular complexity index is 448. The van der Waals surface area contributed by atoms with Gasteiger partial charge in [-0.1, -0.05) is 0 Å². The smallest absolute Gasteiger partial charge is 0.326 e. The summed E-state index contributed by atoms with van der Waals surface area (Å²) in [5, 5.41) is 14.0. The molecule has 102 valence electrons. The van der Waals surface area contributed by atoms with Gasteiger partial charge in [-0.2, -0.15) is 0 Å². The van der Waals surface area contributed by atoms with E-state index < -0.39 is 24.0 Å². The van der Waals surface area contributed by atoms with E-state index in [1.807, 2.05) is 0 Å². The number of aliphatic imine (C=N–C) groups is 2. The normalized spacial score (nSPS) is 26.2.